The van der Waals surface area contributed by atoms with Gasteiger partial charge in [-0.15, -0.1) is 0 Å². The third-order valence-electron chi connectivity index (χ3n) is 4.12. The highest BCUT2D eigenvalue weighted by Gasteiger charge is 2.21. The summed E-state index contributed by atoms with van der Waals surface area (Å²) >= 11 is 0. The summed E-state index contributed by atoms with van der Waals surface area (Å²) in [5, 5.41) is 15.1. The summed E-state index contributed by atoms with van der Waals surface area (Å²) in [4.78, 5) is 14.2. The summed E-state index contributed by atoms with van der Waals surface area (Å²) in [6, 6.07) is 7.99. The van der Waals surface area contributed by atoms with Gasteiger partial charge in [-0.25, -0.2) is 4.79 Å². The Morgan fingerprint density at radius 1 is 1.27 bits per heavy atom. The van der Waals surface area contributed by atoms with Crippen molar-refractivity contribution >= 4 is 11.7 Å². The molecular formula is C17H27N3O2. The molecule has 1 aliphatic carbocycles. The first kappa shape index (κ1) is 16.8. The number of rotatable bonds is 5. The maximum atomic E-state index is 12.1. The fourth-order valence-corrected chi connectivity index (χ4v) is 2.95. The number of urea groups is 1. The number of anilines is 1. The molecule has 1 aliphatic rings. The fraction of sp³-hybridized carbons (Fsp3) is 0.588. The number of aliphatic hydroxyl groups excluding tert-OH is 1. The van der Waals surface area contributed by atoms with Crippen molar-refractivity contribution in [2.75, 3.05) is 26.0 Å². The molecule has 22 heavy (non-hydrogen) atoms. The predicted molar refractivity (Wildman–Crippen MR) is 88.8 cm³/mol. The Kier molecular flexibility index (Phi) is 6.21. The topological polar surface area (TPSA) is 64.6 Å². The summed E-state index contributed by atoms with van der Waals surface area (Å²) < 4.78 is 0. The molecule has 0 aromatic heterocycles. The molecule has 0 bridgehead atoms. The van der Waals surface area contributed by atoms with E-state index in [0.29, 0.717) is 5.92 Å². The predicted octanol–water partition coefficient (Wildman–Crippen LogP) is 2.42. The Balaban J connectivity index is 1.82. The third-order valence-corrected chi connectivity index (χ3v) is 4.12. The van der Waals surface area contributed by atoms with Gasteiger partial charge >= 0.3 is 6.03 Å². The van der Waals surface area contributed by atoms with Crippen LogP contribution in [0.5, 0.6) is 0 Å². The van der Waals surface area contributed by atoms with E-state index in [2.05, 4.69) is 21.6 Å². The van der Waals surface area contributed by atoms with Crippen molar-refractivity contribution in [2.24, 2.45) is 5.92 Å². The molecular weight excluding hydrogens is 278 g/mol. The van der Waals surface area contributed by atoms with Crippen molar-refractivity contribution in [3.8, 4) is 0 Å². The van der Waals surface area contributed by atoms with Crippen molar-refractivity contribution in [2.45, 2.75) is 38.3 Å². The Bertz CT molecular complexity index is 483. The molecule has 2 amide bonds. The van der Waals surface area contributed by atoms with Crippen LogP contribution in [0.3, 0.4) is 0 Å². The van der Waals surface area contributed by atoms with Crippen LogP contribution in [-0.4, -0.2) is 42.8 Å². The molecule has 1 aromatic carbocycles. The van der Waals surface area contributed by atoms with Gasteiger partial charge in [-0.1, -0.05) is 12.1 Å². The number of nitrogens with zero attached hydrogens (tertiary/aromatic N) is 1. The molecule has 3 N–H and O–H groups in total. The Hall–Kier alpha value is -1.59. The molecule has 1 aromatic rings. The number of hydrogen-bond acceptors (Lipinski definition) is 3. The molecule has 0 heterocycles. The van der Waals surface area contributed by atoms with E-state index in [-0.39, 0.29) is 18.7 Å². The van der Waals surface area contributed by atoms with Gasteiger partial charge in [0.15, 0.2) is 0 Å². The highest BCUT2D eigenvalue weighted by Crippen LogP contribution is 2.23. The molecule has 0 aliphatic heterocycles. The molecule has 0 spiro atoms. The van der Waals surface area contributed by atoms with E-state index >= 15 is 0 Å². The molecule has 1 saturated carbocycles. The van der Waals surface area contributed by atoms with E-state index in [1.54, 1.807) is 0 Å². The maximum Gasteiger partial charge on any atom is 0.319 e. The number of amides is 2. The lowest BCUT2D eigenvalue weighted by Crippen LogP contribution is -2.40. The number of nitrogens with one attached hydrogen (secondary N) is 2. The number of carbonyl (C=O) groups is 1. The van der Waals surface area contributed by atoms with Crippen molar-refractivity contribution in [3.05, 3.63) is 29.8 Å². The minimum absolute atomic E-state index is 0.144. The van der Waals surface area contributed by atoms with E-state index in [1.807, 2.05) is 32.3 Å². The average molecular weight is 305 g/mol. The lowest BCUT2D eigenvalue weighted by Gasteiger charge is -2.28. The van der Waals surface area contributed by atoms with Gasteiger partial charge in [-0.05, 0) is 63.4 Å². The van der Waals surface area contributed by atoms with E-state index in [9.17, 15) is 4.79 Å². The third kappa shape index (κ3) is 5.31. The zero-order valence-corrected chi connectivity index (χ0v) is 13.5. The van der Waals surface area contributed by atoms with Crippen LogP contribution in [-0.2, 0) is 6.54 Å². The normalized spacial score (nSPS) is 21.6. The molecule has 0 radical (unpaired) electrons. The van der Waals surface area contributed by atoms with Crippen LogP contribution < -0.4 is 10.6 Å². The van der Waals surface area contributed by atoms with Gasteiger partial charge in [0, 0.05) is 24.9 Å². The van der Waals surface area contributed by atoms with Crippen LogP contribution in [0.4, 0.5) is 10.5 Å². The fourth-order valence-electron chi connectivity index (χ4n) is 2.95. The van der Waals surface area contributed by atoms with Crippen molar-refractivity contribution in [1.82, 2.24) is 10.2 Å². The summed E-state index contributed by atoms with van der Waals surface area (Å²) in [5.41, 5.74) is 1.99. The maximum absolute atomic E-state index is 12.1. The number of aliphatic hydroxyl groups is 1. The summed E-state index contributed by atoms with van der Waals surface area (Å²) in [7, 11) is 4.05. The molecule has 0 atom stereocenters. The summed E-state index contributed by atoms with van der Waals surface area (Å²) in [6.45, 7) is 1.11. The highest BCUT2D eigenvalue weighted by atomic mass is 16.3. The molecule has 1 fully saturated rings. The lowest BCUT2D eigenvalue weighted by atomic mass is 9.87. The minimum atomic E-state index is -0.144. The van der Waals surface area contributed by atoms with Crippen LogP contribution in [0.1, 0.15) is 31.2 Å². The van der Waals surface area contributed by atoms with E-state index < -0.39 is 0 Å². The van der Waals surface area contributed by atoms with E-state index in [1.165, 1.54) is 5.56 Å². The van der Waals surface area contributed by atoms with Crippen molar-refractivity contribution < 1.29 is 9.90 Å². The largest absolute Gasteiger partial charge is 0.396 e. The SMILES string of the molecule is CN(C)Cc1cccc(NC(=O)NC2CCC(CO)CC2)c1. The Labute approximate surface area is 132 Å². The quantitative estimate of drug-likeness (QED) is 0.783. The molecule has 5 heteroatoms. The number of carbonyl (C=O) groups excluding carboxylic acids is 1. The van der Waals surface area contributed by atoms with Gasteiger partial charge in [0.1, 0.15) is 0 Å². The first-order valence-electron chi connectivity index (χ1n) is 7.99. The van der Waals surface area contributed by atoms with Crippen LogP contribution >= 0.6 is 0 Å². The van der Waals surface area contributed by atoms with Crippen molar-refractivity contribution in [1.29, 1.82) is 0 Å². The Morgan fingerprint density at radius 3 is 2.64 bits per heavy atom. The minimum Gasteiger partial charge on any atom is -0.396 e. The Morgan fingerprint density at radius 2 is 2.00 bits per heavy atom. The second-order valence-corrected chi connectivity index (χ2v) is 6.44. The zero-order valence-electron chi connectivity index (χ0n) is 13.5. The van der Waals surface area contributed by atoms with Crippen LogP contribution in [0.15, 0.2) is 24.3 Å². The second-order valence-electron chi connectivity index (χ2n) is 6.44. The standard InChI is InChI=1S/C17H27N3O2/c1-20(2)11-14-4-3-5-16(10-14)19-17(22)18-15-8-6-13(12-21)7-9-15/h3-5,10,13,15,21H,6-9,11-12H2,1-2H3,(H2,18,19,22). The van der Waals surface area contributed by atoms with Crippen molar-refractivity contribution in [3.63, 3.8) is 0 Å². The first-order chi connectivity index (χ1) is 10.6. The monoisotopic (exact) mass is 305 g/mol. The average Bonchev–Trinajstić information content (AvgIpc) is 2.47. The zero-order chi connectivity index (χ0) is 15.9. The molecule has 0 unspecified atom stereocenters. The first-order valence-corrected chi connectivity index (χ1v) is 7.99. The summed E-state index contributed by atoms with van der Waals surface area (Å²) in [6.07, 6.45) is 3.86. The molecule has 122 valence electrons. The molecule has 0 saturated heterocycles. The summed E-state index contributed by atoms with van der Waals surface area (Å²) in [5.74, 6) is 0.406. The highest BCUT2D eigenvalue weighted by molar-refractivity contribution is 5.89. The number of hydrogen-bond donors (Lipinski definition) is 3. The van der Waals surface area contributed by atoms with E-state index in [4.69, 9.17) is 5.11 Å². The van der Waals surface area contributed by atoms with Gasteiger partial charge in [0.25, 0.3) is 0 Å². The molecule has 2 rings (SSSR count). The van der Waals surface area contributed by atoms with Gasteiger partial charge in [0.2, 0.25) is 0 Å². The van der Waals surface area contributed by atoms with E-state index in [0.717, 1.165) is 37.9 Å². The van der Waals surface area contributed by atoms with Gasteiger partial charge in [-0.3, -0.25) is 0 Å². The van der Waals surface area contributed by atoms with Crippen LogP contribution in [0.2, 0.25) is 0 Å². The van der Waals surface area contributed by atoms with Crippen LogP contribution in [0.25, 0.3) is 0 Å². The van der Waals surface area contributed by atoms with Crippen LogP contribution in [0, 0.1) is 5.92 Å². The number of benzene rings is 1. The smallest absolute Gasteiger partial charge is 0.319 e. The second kappa shape index (κ2) is 8.15. The molecule has 5 nitrogen and oxygen atoms in total. The lowest BCUT2D eigenvalue weighted by molar-refractivity contribution is 0.176. The van der Waals surface area contributed by atoms with Gasteiger partial charge in [0.05, 0.1) is 0 Å². The van der Waals surface area contributed by atoms with Gasteiger partial charge in [-0.2, -0.15) is 0 Å². The van der Waals surface area contributed by atoms with Gasteiger partial charge < -0.3 is 20.6 Å².